The molecule has 1 aliphatic rings. The number of ether oxygens (including phenoxy) is 2. The molecule has 0 radical (unpaired) electrons. The van der Waals surface area contributed by atoms with E-state index < -0.39 is 0 Å². The first-order valence-electron chi connectivity index (χ1n) is 9.30. The lowest BCUT2D eigenvalue weighted by Crippen LogP contribution is -2.22. The van der Waals surface area contributed by atoms with E-state index in [1.807, 2.05) is 60.1 Å². The summed E-state index contributed by atoms with van der Waals surface area (Å²) >= 11 is 0. The SMILES string of the molecule is COc1ccc(C2Cn3nnc(-c4nc(-c5ccc(C)cc5)no4)c3CO2)cc1. The Kier molecular flexibility index (Phi) is 4.33. The third-order valence-corrected chi connectivity index (χ3v) is 5.02. The second-order valence-electron chi connectivity index (χ2n) is 6.93. The van der Waals surface area contributed by atoms with Crippen LogP contribution in [0.25, 0.3) is 23.0 Å². The van der Waals surface area contributed by atoms with Crippen LogP contribution in [0.2, 0.25) is 0 Å². The molecule has 1 unspecified atom stereocenters. The van der Waals surface area contributed by atoms with Crippen LogP contribution in [-0.2, 0) is 17.9 Å². The predicted octanol–water partition coefficient (Wildman–Crippen LogP) is 3.58. The Balaban J connectivity index is 1.38. The van der Waals surface area contributed by atoms with Gasteiger partial charge in [-0.2, -0.15) is 4.98 Å². The molecule has 8 heteroatoms. The molecule has 0 fully saturated rings. The fraction of sp³-hybridized carbons (Fsp3) is 0.238. The molecule has 29 heavy (non-hydrogen) atoms. The fourth-order valence-corrected chi connectivity index (χ4v) is 3.34. The predicted molar refractivity (Wildman–Crippen MR) is 104 cm³/mol. The normalized spacial score (nSPS) is 15.9. The van der Waals surface area contributed by atoms with Gasteiger partial charge in [0.25, 0.3) is 5.89 Å². The zero-order chi connectivity index (χ0) is 19.8. The van der Waals surface area contributed by atoms with Gasteiger partial charge >= 0.3 is 0 Å². The second kappa shape index (κ2) is 7.14. The van der Waals surface area contributed by atoms with Crippen LogP contribution >= 0.6 is 0 Å². The topological polar surface area (TPSA) is 88.1 Å². The highest BCUT2D eigenvalue weighted by molar-refractivity contribution is 5.59. The van der Waals surface area contributed by atoms with Crippen LogP contribution in [-0.4, -0.2) is 32.2 Å². The van der Waals surface area contributed by atoms with Crippen LogP contribution in [0.1, 0.15) is 22.9 Å². The van der Waals surface area contributed by atoms with Crippen LogP contribution in [0.4, 0.5) is 0 Å². The van der Waals surface area contributed by atoms with Gasteiger partial charge in [0.2, 0.25) is 5.82 Å². The number of methoxy groups -OCH3 is 1. The third kappa shape index (κ3) is 3.27. The lowest BCUT2D eigenvalue weighted by Gasteiger charge is -2.24. The van der Waals surface area contributed by atoms with Crippen molar-refractivity contribution in [2.45, 2.75) is 26.2 Å². The molecule has 0 saturated heterocycles. The molecule has 0 aliphatic carbocycles. The Morgan fingerprint density at radius 3 is 2.62 bits per heavy atom. The lowest BCUT2D eigenvalue weighted by molar-refractivity contribution is -0.00119. The van der Waals surface area contributed by atoms with Crippen LogP contribution in [0.15, 0.2) is 53.1 Å². The molecule has 2 aromatic carbocycles. The van der Waals surface area contributed by atoms with Crippen LogP contribution in [0.5, 0.6) is 5.75 Å². The van der Waals surface area contributed by atoms with Crippen molar-refractivity contribution >= 4 is 0 Å². The lowest BCUT2D eigenvalue weighted by atomic mass is 10.1. The third-order valence-electron chi connectivity index (χ3n) is 5.02. The van der Waals surface area contributed by atoms with Crippen molar-refractivity contribution in [3.05, 3.63) is 65.4 Å². The van der Waals surface area contributed by atoms with Gasteiger partial charge in [-0.1, -0.05) is 52.3 Å². The van der Waals surface area contributed by atoms with Crippen molar-refractivity contribution in [3.63, 3.8) is 0 Å². The molecule has 1 aliphatic heterocycles. The van der Waals surface area contributed by atoms with Crippen molar-refractivity contribution in [3.8, 4) is 28.7 Å². The fourth-order valence-electron chi connectivity index (χ4n) is 3.34. The Hall–Kier alpha value is -3.52. The van der Waals surface area contributed by atoms with E-state index in [2.05, 4.69) is 20.5 Å². The van der Waals surface area contributed by atoms with Crippen molar-refractivity contribution in [1.29, 1.82) is 0 Å². The first-order valence-corrected chi connectivity index (χ1v) is 9.30. The largest absolute Gasteiger partial charge is 0.497 e. The highest BCUT2D eigenvalue weighted by Crippen LogP contribution is 2.31. The molecule has 5 rings (SSSR count). The number of benzene rings is 2. The molecule has 8 nitrogen and oxygen atoms in total. The number of fused-ring (bicyclic) bond motifs is 1. The van der Waals surface area contributed by atoms with Gasteiger partial charge in [-0.3, -0.25) is 0 Å². The van der Waals surface area contributed by atoms with Crippen LogP contribution in [0.3, 0.4) is 0 Å². The summed E-state index contributed by atoms with van der Waals surface area (Å²) in [5.41, 5.74) is 4.52. The van der Waals surface area contributed by atoms with Crippen molar-refractivity contribution in [2.24, 2.45) is 0 Å². The van der Waals surface area contributed by atoms with E-state index in [0.717, 1.165) is 22.6 Å². The Morgan fingerprint density at radius 2 is 1.86 bits per heavy atom. The highest BCUT2D eigenvalue weighted by atomic mass is 16.5. The number of aryl methyl sites for hydroxylation is 1. The molecule has 1 atom stereocenters. The molecule has 3 heterocycles. The Labute approximate surface area is 167 Å². The van der Waals surface area contributed by atoms with Gasteiger partial charge in [0, 0.05) is 5.56 Å². The monoisotopic (exact) mass is 389 g/mol. The first-order chi connectivity index (χ1) is 14.2. The summed E-state index contributed by atoms with van der Waals surface area (Å²) in [7, 11) is 1.65. The van der Waals surface area contributed by atoms with Gasteiger partial charge < -0.3 is 14.0 Å². The molecule has 0 saturated carbocycles. The number of hydrogen-bond donors (Lipinski definition) is 0. The Morgan fingerprint density at radius 1 is 1.07 bits per heavy atom. The molecule has 0 bridgehead atoms. The van der Waals surface area contributed by atoms with E-state index in [1.165, 1.54) is 5.56 Å². The molecular formula is C21H19N5O3. The van der Waals surface area contributed by atoms with Crippen molar-refractivity contribution < 1.29 is 14.0 Å². The molecular weight excluding hydrogens is 370 g/mol. The maximum absolute atomic E-state index is 6.06. The van der Waals surface area contributed by atoms with Crippen molar-refractivity contribution in [2.75, 3.05) is 7.11 Å². The summed E-state index contributed by atoms with van der Waals surface area (Å²) in [4.78, 5) is 4.49. The molecule has 146 valence electrons. The summed E-state index contributed by atoms with van der Waals surface area (Å²) in [5, 5.41) is 12.6. The van der Waals surface area contributed by atoms with Gasteiger partial charge in [-0.05, 0) is 24.6 Å². The molecule has 2 aromatic heterocycles. The van der Waals surface area contributed by atoms with Gasteiger partial charge in [0.05, 0.1) is 26.0 Å². The maximum atomic E-state index is 6.06. The highest BCUT2D eigenvalue weighted by Gasteiger charge is 2.28. The van der Waals surface area contributed by atoms with Crippen LogP contribution < -0.4 is 4.74 Å². The first kappa shape index (κ1) is 17.6. The maximum Gasteiger partial charge on any atom is 0.280 e. The van der Waals surface area contributed by atoms with Gasteiger partial charge in [0.1, 0.15) is 11.9 Å². The average Bonchev–Trinajstić information content (AvgIpc) is 3.41. The van der Waals surface area contributed by atoms with Gasteiger partial charge in [-0.25, -0.2) is 4.68 Å². The summed E-state index contributed by atoms with van der Waals surface area (Å²) in [5.74, 6) is 1.68. The summed E-state index contributed by atoms with van der Waals surface area (Å²) in [6.45, 7) is 2.96. The van der Waals surface area contributed by atoms with Gasteiger partial charge in [-0.15, -0.1) is 5.10 Å². The van der Waals surface area contributed by atoms with Gasteiger partial charge in [0.15, 0.2) is 5.69 Å². The van der Waals surface area contributed by atoms with E-state index in [-0.39, 0.29) is 6.10 Å². The zero-order valence-electron chi connectivity index (χ0n) is 16.1. The molecule has 0 N–H and O–H groups in total. The summed E-state index contributed by atoms with van der Waals surface area (Å²) in [6.07, 6.45) is -0.103. The Bertz CT molecular complexity index is 1130. The minimum atomic E-state index is -0.103. The summed E-state index contributed by atoms with van der Waals surface area (Å²) < 4.78 is 18.6. The average molecular weight is 389 g/mol. The minimum Gasteiger partial charge on any atom is -0.497 e. The summed E-state index contributed by atoms with van der Waals surface area (Å²) in [6, 6.07) is 15.8. The number of aromatic nitrogens is 5. The van der Waals surface area contributed by atoms with Crippen LogP contribution in [0, 0.1) is 6.92 Å². The van der Waals surface area contributed by atoms with E-state index in [1.54, 1.807) is 7.11 Å². The number of hydrogen-bond acceptors (Lipinski definition) is 7. The van der Waals surface area contributed by atoms with Crippen molar-refractivity contribution in [1.82, 2.24) is 25.1 Å². The number of nitrogens with zero attached hydrogens (tertiary/aromatic N) is 5. The quantitative estimate of drug-likeness (QED) is 0.527. The smallest absolute Gasteiger partial charge is 0.280 e. The minimum absolute atomic E-state index is 0.103. The molecule has 0 spiro atoms. The van der Waals surface area contributed by atoms with E-state index in [4.69, 9.17) is 14.0 Å². The van der Waals surface area contributed by atoms with E-state index >= 15 is 0 Å². The molecule has 0 amide bonds. The number of rotatable bonds is 4. The van der Waals surface area contributed by atoms with E-state index in [0.29, 0.717) is 30.6 Å². The van der Waals surface area contributed by atoms with E-state index in [9.17, 15) is 0 Å². The molecule has 4 aromatic rings. The second-order valence-corrected chi connectivity index (χ2v) is 6.93. The standard InChI is InChI=1S/C21H19N5O3/c1-13-3-5-15(6-4-13)20-22-21(29-24-20)19-17-12-28-18(11-26(17)25-23-19)14-7-9-16(27-2)10-8-14/h3-10,18H,11-12H2,1-2H3. The zero-order valence-corrected chi connectivity index (χ0v) is 16.1.